The van der Waals surface area contributed by atoms with Gasteiger partial charge in [-0.05, 0) is 19.1 Å². The maximum absolute atomic E-state index is 13.2. The second kappa shape index (κ2) is 6.27. The van der Waals surface area contributed by atoms with E-state index in [0.29, 0.717) is 17.8 Å². The van der Waals surface area contributed by atoms with Gasteiger partial charge in [-0.25, -0.2) is 4.39 Å². The lowest BCUT2D eigenvalue weighted by molar-refractivity contribution is -0.139. The van der Waals surface area contributed by atoms with Crippen LogP contribution in [0, 0.1) is 5.82 Å². The number of benzene rings is 1. The molecule has 0 saturated heterocycles. The topological polar surface area (TPSA) is 43.4 Å². The smallest absolute Gasteiger partial charge is 0.316 e. The Kier molecular flexibility index (Phi) is 4.98. The summed E-state index contributed by atoms with van der Waals surface area (Å²) in [6.45, 7) is 2.02. The lowest BCUT2D eigenvalue weighted by Gasteiger charge is -2.04. The molecule has 1 rings (SSSR count). The number of hydrogen-bond donors (Lipinski definition) is 0. The molecule has 1 aromatic carbocycles. The molecule has 0 atom stereocenters. The summed E-state index contributed by atoms with van der Waals surface area (Å²) in [6, 6.07) is 4.30. The summed E-state index contributed by atoms with van der Waals surface area (Å²) in [5.41, 5.74) is -0.0169. The minimum absolute atomic E-state index is 0.0169. The third kappa shape index (κ3) is 3.34. The van der Waals surface area contributed by atoms with E-state index in [0.717, 1.165) is 11.8 Å². The van der Waals surface area contributed by atoms with Crippen LogP contribution < -0.4 is 0 Å². The quantitative estimate of drug-likeness (QED) is 0.451. The Bertz CT molecular complexity index is 393. The normalized spacial score (nSPS) is 9.88. The van der Waals surface area contributed by atoms with Gasteiger partial charge in [0.2, 0.25) is 0 Å². The van der Waals surface area contributed by atoms with Crippen LogP contribution in [0.4, 0.5) is 4.39 Å². The lowest BCUT2D eigenvalue weighted by Crippen LogP contribution is -2.06. The standard InChI is InChI=1S/C11H11FO3S/c1-2-15-11(14)7-16-10-5-3-4-9(12)8(10)6-13/h3-6H,2,7H2,1H3. The van der Waals surface area contributed by atoms with Crippen LogP contribution in [0.15, 0.2) is 23.1 Å². The molecule has 16 heavy (non-hydrogen) atoms. The number of rotatable bonds is 5. The SMILES string of the molecule is CCOC(=O)CSc1cccc(F)c1C=O. The van der Waals surface area contributed by atoms with Crippen molar-refractivity contribution in [2.24, 2.45) is 0 Å². The highest BCUT2D eigenvalue weighted by Crippen LogP contribution is 2.23. The van der Waals surface area contributed by atoms with Gasteiger partial charge >= 0.3 is 5.97 Å². The van der Waals surface area contributed by atoms with Gasteiger partial charge in [0.15, 0.2) is 6.29 Å². The van der Waals surface area contributed by atoms with E-state index in [1.165, 1.54) is 12.1 Å². The van der Waals surface area contributed by atoms with Crippen molar-refractivity contribution in [3.63, 3.8) is 0 Å². The van der Waals surface area contributed by atoms with Crippen LogP contribution in [0.25, 0.3) is 0 Å². The molecule has 0 fully saturated rings. The Morgan fingerprint density at radius 3 is 2.94 bits per heavy atom. The summed E-state index contributed by atoms with van der Waals surface area (Å²) >= 11 is 1.09. The monoisotopic (exact) mass is 242 g/mol. The van der Waals surface area contributed by atoms with E-state index in [2.05, 4.69) is 0 Å². The lowest BCUT2D eigenvalue weighted by atomic mass is 10.2. The van der Waals surface area contributed by atoms with Gasteiger partial charge in [0.05, 0.1) is 17.9 Å². The average molecular weight is 242 g/mol. The molecule has 0 aliphatic heterocycles. The largest absolute Gasteiger partial charge is 0.465 e. The first-order valence-electron chi connectivity index (χ1n) is 4.71. The third-order valence-electron chi connectivity index (χ3n) is 1.78. The number of halogens is 1. The van der Waals surface area contributed by atoms with Crippen molar-refractivity contribution in [3.8, 4) is 0 Å². The van der Waals surface area contributed by atoms with Gasteiger partial charge in [-0.1, -0.05) is 6.07 Å². The summed E-state index contributed by atoms with van der Waals surface area (Å²) in [5, 5.41) is 0. The molecule has 0 aliphatic carbocycles. The van der Waals surface area contributed by atoms with Crippen molar-refractivity contribution < 1.29 is 18.7 Å². The van der Waals surface area contributed by atoms with Crippen molar-refractivity contribution in [1.29, 1.82) is 0 Å². The Balaban J connectivity index is 2.70. The Morgan fingerprint density at radius 2 is 2.31 bits per heavy atom. The molecule has 5 heteroatoms. The summed E-state index contributed by atoms with van der Waals surface area (Å²) in [6.07, 6.45) is 0.447. The Morgan fingerprint density at radius 1 is 1.56 bits per heavy atom. The molecule has 0 bridgehead atoms. The molecular formula is C11H11FO3S. The van der Waals surface area contributed by atoms with Gasteiger partial charge in [0.1, 0.15) is 5.82 Å². The molecule has 0 unspecified atom stereocenters. The predicted molar refractivity (Wildman–Crippen MR) is 59.1 cm³/mol. The molecule has 86 valence electrons. The van der Waals surface area contributed by atoms with Gasteiger partial charge in [-0.15, -0.1) is 11.8 Å². The van der Waals surface area contributed by atoms with Gasteiger partial charge < -0.3 is 4.74 Å². The highest BCUT2D eigenvalue weighted by atomic mass is 32.2. The molecule has 0 N–H and O–H groups in total. The van der Waals surface area contributed by atoms with Crippen LogP contribution in [0.5, 0.6) is 0 Å². The van der Waals surface area contributed by atoms with Crippen molar-refractivity contribution >= 4 is 24.0 Å². The van der Waals surface area contributed by atoms with Crippen LogP contribution in [0.1, 0.15) is 17.3 Å². The van der Waals surface area contributed by atoms with E-state index in [4.69, 9.17) is 4.74 Å². The molecule has 0 saturated carbocycles. The zero-order valence-electron chi connectivity index (χ0n) is 8.73. The minimum Gasteiger partial charge on any atom is -0.465 e. The zero-order valence-corrected chi connectivity index (χ0v) is 9.55. The van der Waals surface area contributed by atoms with Gasteiger partial charge in [0, 0.05) is 4.90 Å². The number of carbonyl (C=O) groups excluding carboxylic acids is 2. The number of ether oxygens (including phenoxy) is 1. The fourth-order valence-corrected chi connectivity index (χ4v) is 1.93. The van der Waals surface area contributed by atoms with Crippen molar-refractivity contribution in [2.75, 3.05) is 12.4 Å². The van der Waals surface area contributed by atoms with E-state index in [1.807, 2.05) is 0 Å². The maximum atomic E-state index is 13.2. The molecule has 0 aromatic heterocycles. The second-order valence-corrected chi connectivity index (χ2v) is 3.88. The van der Waals surface area contributed by atoms with Crippen LogP contribution in [-0.2, 0) is 9.53 Å². The predicted octanol–water partition coefficient (Wildman–Crippen LogP) is 2.29. The Hall–Kier alpha value is -1.36. The fraction of sp³-hybridized carbons (Fsp3) is 0.273. The van der Waals surface area contributed by atoms with Crippen molar-refractivity contribution in [2.45, 2.75) is 11.8 Å². The second-order valence-electron chi connectivity index (χ2n) is 2.86. The number of aldehydes is 1. The van der Waals surface area contributed by atoms with Crippen LogP contribution in [0.3, 0.4) is 0 Å². The first kappa shape index (κ1) is 12.7. The van der Waals surface area contributed by atoms with E-state index in [-0.39, 0.29) is 17.3 Å². The Labute approximate surface area is 97.0 Å². The highest BCUT2D eigenvalue weighted by molar-refractivity contribution is 8.00. The minimum atomic E-state index is -0.580. The average Bonchev–Trinajstić information content (AvgIpc) is 2.27. The molecule has 3 nitrogen and oxygen atoms in total. The number of esters is 1. The van der Waals surface area contributed by atoms with Crippen LogP contribution in [-0.4, -0.2) is 24.6 Å². The molecule has 0 radical (unpaired) electrons. The summed E-state index contributed by atoms with van der Waals surface area (Å²) in [7, 11) is 0. The molecular weight excluding hydrogens is 231 g/mol. The van der Waals surface area contributed by atoms with Gasteiger partial charge in [0.25, 0.3) is 0 Å². The van der Waals surface area contributed by atoms with Gasteiger partial charge in [-0.2, -0.15) is 0 Å². The van der Waals surface area contributed by atoms with Crippen molar-refractivity contribution in [1.82, 2.24) is 0 Å². The first-order chi connectivity index (χ1) is 7.69. The fourth-order valence-electron chi connectivity index (χ4n) is 1.10. The number of thioether (sulfide) groups is 1. The van der Waals surface area contributed by atoms with E-state index < -0.39 is 5.82 Å². The van der Waals surface area contributed by atoms with E-state index in [9.17, 15) is 14.0 Å². The molecule has 0 aliphatic rings. The maximum Gasteiger partial charge on any atom is 0.316 e. The number of hydrogen-bond acceptors (Lipinski definition) is 4. The van der Waals surface area contributed by atoms with Crippen molar-refractivity contribution in [3.05, 3.63) is 29.6 Å². The highest BCUT2D eigenvalue weighted by Gasteiger charge is 2.10. The molecule has 0 spiro atoms. The van der Waals surface area contributed by atoms with E-state index in [1.54, 1.807) is 13.0 Å². The molecule has 1 aromatic rings. The molecule has 0 heterocycles. The summed E-state index contributed by atoms with van der Waals surface area (Å²) in [4.78, 5) is 22.2. The van der Waals surface area contributed by atoms with Crippen LogP contribution in [0.2, 0.25) is 0 Å². The number of carbonyl (C=O) groups is 2. The van der Waals surface area contributed by atoms with Crippen LogP contribution >= 0.6 is 11.8 Å². The summed E-state index contributed by atoms with van der Waals surface area (Å²) < 4.78 is 17.9. The molecule has 0 amide bonds. The van der Waals surface area contributed by atoms with Gasteiger partial charge in [-0.3, -0.25) is 9.59 Å². The zero-order chi connectivity index (χ0) is 12.0. The van der Waals surface area contributed by atoms with E-state index >= 15 is 0 Å². The first-order valence-corrected chi connectivity index (χ1v) is 5.69. The third-order valence-corrected chi connectivity index (χ3v) is 2.83. The summed E-state index contributed by atoms with van der Waals surface area (Å²) in [5.74, 6) is -0.893.